The minimum Gasteiger partial charge on any atom is -0.493 e. The lowest BCUT2D eigenvalue weighted by molar-refractivity contribution is -0.144. The van der Waals surface area contributed by atoms with Gasteiger partial charge >= 0.3 is 5.97 Å². The van der Waals surface area contributed by atoms with Crippen LogP contribution in [0.5, 0.6) is 5.75 Å². The molecule has 3 unspecified atom stereocenters. The van der Waals surface area contributed by atoms with Crippen molar-refractivity contribution in [1.82, 2.24) is 14.7 Å². The molecule has 0 radical (unpaired) electrons. The SMILES string of the molecule is CCCCN(CCN)C(=O)CN1CC(c2ccc3c(c2)CCO3)C(C(=O)O)C1CCN(CC)C(C)=O. The zero-order valence-corrected chi connectivity index (χ0v) is 21.9. The predicted molar refractivity (Wildman–Crippen MR) is 138 cm³/mol. The first-order chi connectivity index (χ1) is 17.3. The van der Waals surface area contributed by atoms with Crippen LogP contribution < -0.4 is 10.5 Å². The minimum atomic E-state index is -0.868. The highest BCUT2D eigenvalue weighted by Gasteiger charge is 2.47. The molecule has 3 rings (SSSR count). The van der Waals surface area contributed by atoms with Crippen molar-refractivity contribution in [3.05, 3.63) is 29.3 Å². The fourth-order valence-electron chi connectivity index (χ4n) is 5.59. The van der Waals surface area contributed by atoms with Crippen molar-refractivity contribution < 1.29 is 24.2 Å². The maximum absolute atomic E-state index is 13.3. The number of carboxylic acids is 1. The van der Waals surface area contributed by atoms with E-state index < -0.39 is 11.9 Å². The van der Waals surface area contributed by atoms with Crippen molar-refractivity contribution in [1.29, 1.82) is 0 Å². The highest BCUT2D eigenvalue weighted by Crippen LogP contribution is 2.41. The summed E-state index contributed by atoms with van der Waals surface area (Å²) in [5.74, 6) is -0.994. The number of carbonyl (C=O) groups excluding carboxylic acids is 2. The zero-order valence-electron chi connectivity index (χ0n) is 21.9. The highest BCUT2D eigenvalue weighted by molar-refractivity contribution is 5.79. The molecule has 0 aliphatic carbocycles. The molecule has 1 aromatic carbocycles. The number of rotatable bonds is 13. The van der Waals surface area contributed by atoms with E-state index in [-0.39, 0.29) is 30.3 Å². The number of unbranched alkanes of at least 4 members (excludes halogenated alkanes) is 1. The fraction of sp³-hybridized carbons (Fsp3) is 0.667. The molecule has 9 heteroatoms. The van der Waals surface area contributed by atoms with Crippen LogP contribution in [-0.4, -0.2) is 96.1 Å². The van der Waals surface area contributed by atoms with Crippen LogP contribution in [-0.2, 0) is 20.8 Å². The van der Waals surface area contributed by atoms with Gasteiger partial charge in [-0.05, 0) is 37.0 Å². The molecule has 3 N–H and O–H groups in total. The first kappa shape index (κ1) is 27.9. The van der Waals surface area contributed by atoms with Crippen LogP contribution in [0.15, 0.2) is 18.2 Å². The standard InChI is InChI=1S/C27H42N4O5/c1-4-6-12-30(14-11-28)25(33)18-31-17-22(20-7-8-24-21(16-20)10-15-36-24)26(27(34)35)23(31)9-13-29(5-2)19(3)32/h7-8,16,22-23,26H,4-6,9-15,17-18,28H2,1-3H3,(H,34,35). The Labute approximate surface area is 214 Å². The molecule has 0 aromatic heterocycles. The van der Waals surface area contributed by atoms with E-state index in [9.17, 15) is 19.5 Å². The molecule has 200 valence electrons. The first-order valence-electron chi connectivity index (χ1n) is 13.3. The predicted octanol–water partition coefficient (Wildman–Crippen LogP) is 1.94. The van der Waals surface area contributed by atoms with Crippen LogP contribution in [0, 0.1) is 5.92 Å². The second-order valence-corrected chi connectivity index (χ2v) is 9.84. The monoisotopic (exact) mass is 502 g/mol. The van der Waals surface area contributed by atoms with Gasteiger partial charge in [-0.15, -0.1) is 0 Å². The van der Waals surface area contributed by atoms with Crippen LogP contribution >= 0.6 is 0 Å². The molecule has 0 saturated carbocycles. The molecule has 1 aromatic rings. The lowest BCUT2D eigenvalue weighted by Gasteiger charge is -2.31. The Morgan fingerprint density at radius 1 is 1.17 bits per heavy atom. The van der Waals surface area contributed by atoms with E-state index in [1.165, 1.54) is 6.92 Å². The highest BCUT2D eigenvalue weighted by atomic mass is 16.5. The van der Waals surface area contributed by atoms with E-state index in [0.717, 1.165) is 36.1 Å². The quantitative estimate of drug-likeness (QED) is 0.423. The number of benzene rings is 1. The molecule has 36 heavy (non-hydrogen) atoms. The molecule has 0 bridgehead atoms. The average Bonchev–Trinajstić information content (AvgIpc) is 3.46. The maximum atomic E-state index is 13.3. The lowest BCUT2D eigenvalue weighted by Crippen LogP contribution is -2.46. The van der Waals surface area contributed by atoms with Gasteiger partial charge in [-0.2, -0.15) is 0 Å². The Bertz CT molecular complexity index is 923. The Kier molecular flexibility index (Phi) is 10.1. The normalized spacial score (nSPS) is 21.2. The van der Waals surface area contributed by atoms with Gasteiger partial charge in [0.2, 0.25) is 11.8 Å². The number of hydrogen-bond donors (Lipinski definition) is 2. The second-order valence-electron chi connectivity index (χ2n) is 9.84. The number of likely N-dealkylation sites (tertiary alicyclic amines) is 1. The van der Waals surface area contributed by atoms with Gasteiger partial charge in [-0.3, -0.25) is 19.3 Å². The van der Waals surface area contributed by atoms with Gasteiger partial charge in [0.25, 0.3) is 0 Å². The van der Waals surface area contributed by atoms with Crippen LogP contribution in [0.1, 0.15) is 57.1 Å². The van der Waals surface area contributed by atoms with Crippen LogP contribution in [0.2, 0.25) is 0 Å². The number of carbonyl (C=O) groups is 3. The third-order valence-electron chi connectivity index (χ3n) is 7.57. The van der Waals surface area contributed by atoms with E-state index in [2.05, 4.69) is 13.0 Å². The summed E-state index contributed by atoms with van der Waals surface area (Å²) in [6.07, 6.45) is 3.18. The molecule has 9 nitrogen and oxygen atoms in total. The number of fused-ring (bicyclic) bond motifs is 1. The molecule has 1 saturated heterocycles. The summed E-state index contributed by atoms with van der Waals surface area (Å²) < 4.78 is 5.64. The molecule has 2 aliphatic rings. The number of ether oxygens (including phenoxy) is 1. The Balaban J connectivity index is 1.88. The molecule has 2 aliphatic heterocycles. The first-order valence-corrected chi connectivity index (χ1v) is 13.3. The van der Waals surface area contributed by atoms with E-state index in [1.54, 1.807) is 9.80 Å². The molecule has 2 heterocycles. The van der Waals surface area contributed by atoms with Crippen LogP contribution in [0.3, 0.4) is 0 Å². The number of nitrogens with two attached hydrogens (primary N) is 1. The van der Waals surface area contributed by atoms with Crippen LogP contribution in [0.4, 0.5) is 0 Å². The molecular formula is C27H42N4O5. The third-order valence-corrected chi connectivity index (χ3v) is 7.57. The van der Waals surface area contributed by atoms with Crippen molar-refractivity contribution in [2.75, 3.05) is 52.4 Å². The Morgan fingerprint density at radius 3 is 2.58 bits per heavy atom. The number of amides is 2. The van der Waals surface area contributed by atoms with Crippen molar-refractivity contribution >= 4 is 17.8 Å². The summed E-state index contributed by atoms with van der Waals surface area (Å²) in [6.45, 7) is 9.34. The summed E-state index contributed by atoms with van der Waals surface area (Å²) >= 11 is 0. The van der Waals surface area contributed by atoms with E-state index in [0.29, 0.717) is 52.3 Å². The summed E-state index contributed by atoms with van der Waals surface area (Å²) in [5.41, 5.74) is 7.84. The number of aliphatic carboxylic acids is 1. The van der Waals surface area contributed by atoms with Gasteiger partial charge in [-0.25, -0.2) is 0 Å². The van der Waals surface area contributed by atoms with Gasteiger partial charge in [-0.1, -0.05) is 25.5 Å². The molecular weight excluding hydrogens is 460 g/mol. The number of nitrogens with zero attached hydrogens (tertiary/aromatic N) is 3. The zero-order chi connectivity index (χ0) is 26.2. The largest absolute Gasteiger partial charge is 0.493 e. The van der Waals surface area contributed by atoms with Crippen molar-refractivity contribution in [3.8, 4) is 5.75 Å². The lowest BCUT2D eigenvalue weighted by atomic mass is 9.83. The van der Waals surface area contributed by atoms with Crippen molar-refractivity contribution in [3.63, 3.8) is 0 Å². The summed E-state index contributed by atoms with van der Waals surface area (Å²) in [7, 11) is 0. The van der Waals surface area contributed by atoms with E-state index >= 15 is 0 Å². The van der Waals surface area contributed by atoms with Gasteiger partial charge in [0.1, 0.15) is 5.75 Å². The van der Waals surface area contributed by atoms with E-state index in [4.69, 9.17) is 10.5 Å². The maximum Gasteiger partial charge on any atom is 0.308 e. The Morgan fingerprint density at radius 2 is 1.94 bits per heavy atom. The van der Waals surface area contributed by atoms with Gasteiger partial charge in [0.15, 0.2) is 0 Å². The summed E-state index contributed by atoms with van der Waals surface area (Å²) in [4.78, 5) is 43.5. The third kappa shape index (κ3) is 6.56. The summed E-state index contributed by atoms with van der Waals surface area (Å²) in [6, 6.07) is 5.60. The minimum absolute atomic E-state index is 0.0232. The van der Waals surface area contributed by atoms with Crippen molar-refractivity contribution in [2.45, 2.75) is 58.4 Å². The van der Waals surface area contributed by atoms with E-state index in [1.807, 2.05) is 24.0 Å². The molecule has 3 atom stereocenters. The number of hydrogen-bond acceptors (Lipinski definition) is 6. The van der Waals surface area contributed by atoms with Crippen LogP contribution in [0.25, 0.3) is 0 Å². The second kappa shape index (κ2) is 13.1. The summed E-state index contributed by atoms with van der Waals surface area (Å²) in [5, 5.41) is 10.4. The van der Waals surface area contributed by atoms with Gasteiger partial charge in [0, 0.05) is 64.6 Å². The average molecular weight is 503 g/mol. The van der Waals surface area contributed by atoms with Gasteiger partial charge < -0.3 is 25.4 Å². The Hall–Kier alpha value is -2.65. The smallest absolute Gasteiger partial charge is 0.308 e. The number of carboxylic acid groups (broad SMARTS) is 1. The fourth-order valence-corrected chi connectivity index (χ4v) is 5.59. The molecule has 1 fully saturated rings. The topological polar surface area (TPSA) is 116 Å². The van der Waals surface area contributed by atoms with Crippen molar-refractivity contribution in [2.24, 2.45) is 11.7 Å². The molecule has 2 amide bonds. The molecule has 0 spiro atoms. The van der Waals surface area contributed by atoms with Gasteiger partial charge in [0.05, 0.1) is 19.1 Å².